The van der Waals surface area contributed by atoms with Crippen molar-refractivity contribution < 1.29 is 13.5 Å². The molecule has 0 aliphatic heterocycles. The van der Waals surface area contributed by atoms with Crippen LogP contribution in [0.3, 0.4) is 0 Å². The number of halogens is 3. The number of aromatic nitrogens is 2. The van der Waals surface area contributed by atoms with Crippen molar-refractivity contribution in [1.29, 1.82) is 0 Å². The molecule has 3 nitrogen and oxygen atoms in total. The highest BCUT2D eigenvalue weighted by atomic mass is 35.5. The Morgan fingerprint density at radius 3 is 2.53 bits per heavy atom. The summed E-state index contributed by atoms with van der Waals surface area (Å²) >= 11 is 5.98. The Balaban J connectivity index is 2.38. The third-order valence-electron chi connectivity index (χ3n) is 2.48. The van der Waals surface area contributed by atoms with E-state index in [0.29, 0.717) is 5.56 Å². The molecule has 19 heavy (non-hydrogen) atoms. The third kappa shape index (κ3) is 2.98. The zero-order valence-electron chi connectivity index (χ0n) is 10.3. The molecular formula is C13H11ClF2N2O. The Morgan fingerprint density at radius 1 is 1.16 bits per heavy atom. The Hall–Kier alpha value is -1.75. The van der Waals surface area contributed by atoms with Gasteiger partial charge in [-0.15, -0.1) is 0 Å². The van der Waals surface area contributed by atoms with Crippen molar-refractivity contribution in [3.63, 3.8) is 0 Å². The third-order valence-corrected chi connectivity index (χ3v) is 2.78. The molecule has 0 aliphatic rings. The molecule has 2 rings (SSSR count). The van der Waals surface area contributed by atoms with E-state index in [1.165, 1.54) is 12.4 Å². The minimum atomic E-state index is -0.983. The molecule has 2 aromatic rings. The molecule has 0 unspecified atom stereocenters. The maximum Gasteiger partial charge on any atom is 0.227 e. The van der Waals surface area contributed by atoms with Gasteiger partial charge < -0.3 is 4.74 Å². The molecule has 0 fully saturated rings. The summed E-state index contributed by atoms with van der Waals surface area (Å²) in [7, 11) is 0. The van der Waals surface area contributed by atoms with Crippen LogP contribution in [0.2, 0.25) is 5.15 Å². The predicted octanol–water partition coefficient (Wildman–Crippen LogP) is 4.32. The Morgan fingerprint density at radius 2 is 1.89 bits per heavy atom. The topological polar surface area (TPSA) is 35.0 Å². The van der Waals surface area contributed by atoms with Gasteiger partial charge in [-0.25, -0.2) is 18.7 Å². The summed E-state index contributed by atoms with van der Waals surface area (Å²) in [6.07, 6.45) is 1.25. The van der Waals surface area contributed by atoms with Gasteiger partial charge in [-0.3, -0.25) is 0 Å². The lowest BCUT2D eigenvalue weighted by Crippen LogP contribution is -2.00. The van der Waals surface area contributed by atoms with Gasteiger partial charge in [0, 0.05) is 6.07 Å². The van der Waals surface area contributed by atoms with Gasteiger partial charge in [0.25, 0.3) is 0 Å². The lowest BCUT2D eigenvalue weighted by Gasteiger charge is -2.13. The average molecular weight is 285 g/mol. The zero-order valence-corrected chi connectivity index (χ0v) is 11.1. The fourth-order valence-electron chi connectivity index (χ4n) is 1.58. The highest BCUT2D eigenvalue weighted by molar-refractivity contribution is 6.30. The monoisotopic (exact) mass is 284 g/mol. The lowest BCUT2D eigenvalue weighted by atomic mass is 10.1. The van der Waals surface area contributed by atoms with E-state index in [1.54, 1.807) is 0 Å². The smallest absolute Gasteiger partial charge is 0.227 e. The molecule has 0 radical (unpaired) electrons. The van der Waals surface area contributed by atoms with Gasteiger partial charge in [-0.05, 0) is 18.1 Å². The summed E-state index contributed by atoms with van der Waals surface area (Å²) in [5.41, 5.74) is 0.619. The van der Waals surface area contributed by atoms with Crippen LogP contribution >= 0.6 is 11.6 Å². The first-order valence-corrected chi connectivity index (χ1v) is 6.00. The molecule has 100 valence electrons. The number of hydrogen-bond acceptors (Lipinski definition) is 3. The number of ether oxygens (including phenoxy) is 1. The molecule has 1 heterocycles. The first kappa shape index (κ1) is 13.7. The van der Waals surface area contributed by atoms with E-state index >= 15 is 0 Å². The average Bonchev–Trinajstić information content (AvgIpc) is 2.33. The second kappa shape index (κ2) is 5.48. The number of benzene rings is 1. The van der Waals surface area contributed by atoms with Crippen molar-refractivity contribution in [2.75, 3.05) is 0 Å². The second-order valence-electron chi connectivity index (χ2n) is 4.22. The summed E-state index contributed by atoms with van der Waals surface area (Å²) < 4.78 is 31.4. The number of nitrogens with zero attached hydrogens (tertiary/aromatic N) is 2. The van der Waals surface area contributed by atoms with Gasteiger partial charge in [-0.2, -0.15) is 0 Å². The van der Waals surface area contributed by atoms with Crippen LogP contribution in [0.25, 0.3) is 0 Å². The fourth-order valence-corrected chi connectivity index (χ4v) is 1.92. The molecule has 1 aromatic heterocycles. The van der Waals surface area contributed by atoms with Crippen LogP contribution in [-0.4, -0.2) is 9.97 Å². The van der Waals surface area contributed by atoms with Gasteiger partial charge in [0.1, 0.15) is 17.2 Å². The van der Waals surface area contributed by atoms with Crippen LogP contribution in [0.15, 0.2) is 24.5 Å². The van der Waals surface area contributed by atoms with Crippen LogP contribution in [0.1, 0.15) is 25.3 Å². The number of hydrogen-bond donors (Lipinski definition) is 0. The maximum absolute atomic E-state index is 13.1. The Bertz CT molecular complexity index is 605. The van der Waals surface area contributed by atoms with E-state index in [0.717, 1.165) is 12.1 Å². The second-order valence-corrected chi connectivity index (χ2v) is 4.57. The van der Waals surface area contributed by atoms with Crippen LogP contribution in [0.5, 0.6) is 11.6 Å². The molecule has 0 bridgehead atoms. The summed E-state index contributed by atoms with van der Waals surface area (Å²) in [4.78, 5) is 7.85. The van der Waals surface area contributed by atoms with Crippen molar-refractivity contribution in [2.24, 2.45) is 0 Å². The maximum atomic E-state index is 13.1. The van der Waals surface area contributed by atoms with Crippen molar-refractivity contribution in [3.8, 4) is 11.6 Å². The summed E-state index contributed by atoms with van der Waals surface area (Å²) in [5, 5.41) is 0.280. The minimum Gasteiger partial charge on any atom is -0.438 e. The molecule has 6 heteroatoms. The largest absolute Gasteiger partial charge is 0.438 e. The minimum absolute atomic E-state index is 0.0361. The van der Waals surface area contributed by atoms with Crippen LogP contribution in [0.4, 0.5) is 8.78 Å². The van der Waals surface area contributed by atoms with Gasteiger partial charge in [0.2, 0.25) is 5.88 Å². The molecule has 0 aliphatic carbocycles. The Kier molecular flexibility index (Phi) is 3.95. The van der Waals surface area contributed by atoms with Crippen LogP contribution < -0.4 is 4.74 Å². The summed E-state index contributed by atoms with van der Waals surface area (Å²) in [6, 6.07) is 3.26. The van der Waals surface area contributed by atoms with E-state index in [1.807, 2.05) is 13.8 Å². The SMILES string of the molecule is CC(C)c1c(Cl)ncnc1Oc1ccc(F)c(F)c1. The molecule has 0 N–H and O–H groups in total. The van der Waals surface area contributed by atoms with E-state index in [9.17, 15) is 8.78 Å². The van der Waals surface area contributed by atoms with E-state index in [4.69, 9.17) is 16.3 Å². The lowest BCUT2D eigenvalue weighted by molar-refractivity contribution is 0.439. The van der Waals surface area contributed by atoms with Gasteiger partial charge in [-0.1, -0.05) is 25.4 Å². The van der Waals surface area contributed by atoms with Crippen molar-refractivity contribution in [1.82, 2.24) is 9.97 Å². The highest BCUT2D eigenvalue weighted by Gasteiger charge is 2.16. The van der Waals surface area contributed by atoms with Crippen molar-refractivity contribution in [3.05, 3.63) is 46.9 Å². The van der Waals surface area contributed by atoms with E-state index < -0.39 is 11.6 Å². The van der Waals surface area contributed by atoms with Crippen LogP contribution in [0, 0.1) is 11.6 Å². The molecule has 0 spiro atoms. The van der Waals surface area contributed by atoms with Gasteiger partial charge >= 0.3 is 0 Å². The Labute approximate surface area is 114 Å². The van der Waals surface area contributed by atoms with E-state index in [2.05, 4.69) is 9.97 Å². The fraction of sp³-hybridized carbons (Fsp3) is 0.231. The summed E-state index contributed by atoms with van der Waals surface area (Å²) in [5.74, 6) is -1.49. The summed E-state index contributed by atoms with van der Waals surface area (Å²) in [6.45, 7) is 3.81. The van der Waals surface area contributed by atoms with Gasteiger partial charge in [0.15, 0.2) is 11.6 Å². The van der Waals surface area contributed by atoms with Gasteiger partial charge in [0.05, 0.1) is 5.56 Å². The first-order chi connectivity index (χ1) is 8.99. The molecule has 0 atom stereocenters. The predicted molar refractivity (Wildman–Crippen MR) is 67.6 cm³/mol. The number of rotatable bonds is 3. The quantitative estimate of drug-likeness (QED) is 0.787. The highest BCUT2D eigenvalue weighted by Crippen LogP contribution is 2.32. The first-order valence-electron chi connectivity index (χ1n) is 5.62. The van der Waals surface area contributed by atoms with Crippen LogP contribution in [-0.2, 0) is 0 Å². The molecule has 0 amide bonds. The van der Waals surface area contributed by atoms with Crippen molar-refractivity contribution in [2.45, 2.75) is 19.8 Å². The zero-order chi connectivity index (χ0) is 14.0. The molecule has 1 aromatic carbocycles. The molecular weight excluding hydrogens is 274 g/mol. The normalized spacial score (nSPS) is 10.8. The van der Waals surface area contributed by atoms with Crippen molar-refractivity contribution >= 4 is 11.6 Å². The molecule has 0 saturated heterocycles. The molecule has 0 saturated carbocycles. The van der Waals surface area contributed by atoms with E-state index in [-0.39, 0.29) is 22.7 Å². The standard InChI is InChI=1S/C13H11ClF2N2O/c1-7(2)11-12(14)17-6-18-13(11)19-8-3-4-9(15)10(16)5-8/h3-7H,1-2H3.